The van der Waals surface area contributed by atoms with Crippen molar-refractivity contribution in [2.24, 2.45) is 11.3 Å². The minimum absolute atomic E-state index is 0.00111. The van der Waals surface area contributed by atoms with Crippen LogP contribution in [0.15, 0.2) is 0 Å². The topological polar surface area (TPSA) is 37.4 Å². The van der Waals surface area contributed by atoms with Crippen molar-refractivity contribution in [1.82, 2.24) is 4.90 Å². The minimum Gasteiger partial charge on any atom is -0.285 e. The molecular formula is C11H19NO2. The van der Waals surface area contributed by atoms with Crippen LogP contribution in [0, 0.1) is 11.3 Å². The molecule has 1 fully saturated rings. The minimum atomic E-state index is -0.102. The zero-order chi connectivity index (χ0) is 10.9. The Bertz CT molecular complexity index is 256. The highest BCUT2D eigenvalue weighted by Gasteiger charge is 2.45. The first-order chi connectivity index (χ1) is 6.46. The molecule has 1 heterocycles. The first-order valence-electron chi connectivity index (χ1n) is 5.26. The van der Waals surface area contributed by atoms with Gasteiger partial charge in [0.25, 0.3) is 0 Å². The van der Waals surface area contributed by atoms with Crippen molar-refractivity contribution in [3.8, 4) is 0 Å². The fraction of sp³-hybridized carbons (Fsp3) is 0.818. The molecule has 1 unspecified atom stereocenters. The van der Waals surface area contributed by atoms with E-state index < -0.39 is 0 Å². The lowest BCUT2D eigenvalue weighted by Crippen LogP contribution is -2.33. The molecule has 0 aromatic heterocycles. The van der Waals surface area contributed by atoms with Gasteiger partial charge in [-0.25, -0.2) is 0 Å². The molecule has 1 aliphatic rings. The van der Waals surface area contributed by atoms with Gasteiger partial charge < -0.3 is 0 Å². The van der Waals surface area contributed by atoms with E-state index in [1.165, 1.54) is 4.90 Å². The predicted octanol–water partition coefficient (Wildman–Crippen LogP) is 1.82. The number of imide groups is 1. The van der Waals surface area contributed by atoms with Crippen LogP contribution in [0.5, 0.6) is 0 Å². The summed E-state index contributed by atoms with van der Waals surface area (Å²) in [4.78, 5) is 24.4. The maximum atomic E-state index is 11.8. The van der Waals surface area contributed by atoms with Gasteiger partial charge in [0, 0.05) is 13.5 Å². The third-order valence-corrected chi connectivity index (χ3v) is 3.84. The van der Waals surface area contributed by atoms with Gasteiger partial charge in [-0.3, -0.25) is 14.5 Å². The molecule has 1 saturated heterocycles. The average Bonchev–Trinajstić information content (AvgIpc) is 2.45. The lowest BCUT2D eigenvalue weighted by atomic mass is 9.72. The standard InChI is InChI=1S/C11H19NO2/c1-5-11(3,6-2)8-7-9(13)12(4)10(8)14/h8H,5-7H2,1-4H3. The third kappa shape index (κ3) is 1.56. The van der Waals surface area contributed by atoms with E-state index in [-0.39, 0.29) is 23.1 Å². The molecule has 0 aromatic rings. The van der Waals surface area contributed by atoms with Crippen LogP contribution in [-0.4, -0.2) is 23.8 Å². The number of amides is 2. The molecule has 1 atom stereocenters. The van der Waals surface area contributed by atoms with Crippen molar-refractivity contribution in [2.75, 3.05) is 7.05 Å². The Morgan fingerprint density at radius 3 is 2.14 bits per heavy atom. The highest BCUT2D eigenvalue weighted by Crippen LogP contribution is 2.40. The first kappa shape index (κ1) is 11.2. The van der Waals surface area contributed by atoms with E-state index in [2.05, 4.69) is 20.8 Å². The van der Waals surface area contributed by atoms with Gasteiger partial charge in [-0.15, -0.1) is 0 Å². The van der Waals surface area contributed by atoms with Gasteiger partial charge >= 0.3 is 0 Å². The van der Waals surface area contributed by atoms with Crippen LogP contribution in [0.4, 0.5) is 0 Å². The van der Waals surface area contributed by atoms with Gasteiger partial charge in [0.2, 0.25) is 11.8 Å². The van der Waals surface area contributed by atoms with Crippen LogP contribution in [0.2, 0.25) is 0 Å². The highest BCUT2D eigenvalue weighted by molar-refractivity contribution is 6.03. The molecule has 80 valence electrons. The summed E-state index contributed by atoms with van der Waals surface area (Å²) in [7, 11) is 1.58. The number of hydrogen-bond donors (Lipinski definition) is 0. The van der Waals surface area contributed by atoms with Gasteiger partial charge in [0.1, 0.15) is 0 Å². The number of nitrogens with zero attached hydrogens (tertiary/aromatic N) is 1. The smallest absolute Gasteiger partial charge is 0.233 e. The maximum Gasteiger partial charge on any atom is 0.233 e. The van der Waals surface area contributed by atoms with Crippen molar-refractivity contribution < 1.29 is 9.59 Å². The van der Waals surface area contributed by atoms with Crippen molar-refractivity contribution >= 4 is 11.8 Å². The Kier molecular flexibility index (Phi) is 2.98. The predicted molar refractivity (Wildman–Crippen MR) is 54.6 cm³/mol. The van der Waals surface area contributed by atoms with Gasteiger partial charge in [0.05, 0.1) is 5.92 Å². The average molecular weight is 197 g/mol. The van der Waals surface area contributed by atoms with Crippen LogP contribution < -0.4 is 0 Å². The third-order valence-electron chi connectivity index (χ3n) is 3.84. The van der Waals surface area contributed by atoms with Crippen LogP contribution in [0.25, 0.3) is 0 Å². The fourth-order valence-electron chi connectivity index (χ4n) is 2.04. The van der Waals surface area contributed by atoms with Crippen LogP contribution in [-0.2, 0) is 9.59 Å². The quantitative estimate of drug-likeness (QED) is 0.647. The summed E-state index contributed by atoms with van der Waals surface area (Å²) in [5, 5.41) is 0. The summed E-state index contributed by atoms with van der Waals surface area (Å²) < 4.78 is 0. The van der Waals surface area contributed by atoms with E-state index in [1.54, 1.807) is 7.05 Å². The van der Waals surface area contributed by atoms with Gasteiger partial charge in [-0.2, -0.15) is 0 Å². The Labute approximate surface area is 85.5 Å². The molecule has 0 aliphatic carbocycles. The summed E-state index contributed by atoms with van der Waals surface area (Å²) in [6.07, 6.45) is 2.29. The van der Waals surface area contributed by atoms with Gasteiger partial charge in [0.15, 0.2) is 0 Å². The molecule has 14 heavy (non-hydrogen) atoms. The molecule has 0 radical (unpaired) electrons. The fourth-order valence-corrected chi connectivity index (χ4v) is 2.04. The van der Waals surface area contributed by atoms with Crippen LogP contribution in [0.1, 0.15) is 40.0 Å². The van der Waals surface area contributed by atoms with E-state index in [9.17, 15) is 9.59 Å². The summed E-state index contributed by atoms with van der Waals surface area (Å²) in [6, 6.07) is 0. The summed E-state index contributed by atoms with van der Waals surface area (Å²) >= 11 is 0. The molecule has 3 heteroatoms. The Balaban J connectivity index is 2.90. The molecule has 1 aliphatic heterocycles. The molecule has 0 spiro atoms. The molecule has 1 rings (SSSR count). The molecule has 0 saturated carbocycles. The second-order valence-corrected chi connectivity index (χ2v) is 4.41. The van der Waals surface area contributed by atoms with E-state index in [4.69, 9.17) is 0 Å². The molecule has 0 aromatic carbocycles. The lowest BCUT2D eigenvalue weighted by molar-refractivity contribution is -0.139. The number of hydrogen-bond acceptors (Lipinski definition) is 2. The summed E-state index contributed by atoms with van der Waals surface area (Å²) in [5.41, 5.74) is -0.0164. The van der Waals surface area contributed by atoms with Crippen molar-refractivity contribution in [2.45, 2.75) is 40.0 Å². The summed E-state index contributed by atoms with van der Waals surface area (Å²) in [6.45, 7) is 6.27. The Hall–Kier alpha value is -0.860. The van der Waals surface area contributed by atoms with Crippen LogP contribution in [0.3, 0.4) is 0 Å². The number of rotatable bonds is 3. The number of carbonyl (C=O) groups is 2. The second kappa shape index (κ2) is 3.71. The molecule has 0 bridgehead atoms. The number of likely N-dealkylation sites (tertiary alicyclic amines) is 1. The Morgan fingerprint density at radius 2 is 1.86 bits per heavy atom. The van der Waals surface area contributed by atoms with Gasteiger partial charge in [-0.05, 0) is 18.3 Å². The van der Waals surface area contributed by atoms with Crippen molar-refractivity contribution in [1.29, 1.82) is 0 Å². The highest BCUT2D eigenvalue weighted by atomic mass is 16.2. The van der Waals surface area contributed by atoms with Crippen molar-refractivity contribution in [3.63, 3.8) is 0 Å². The SMILES string of the molecule is CCC(C)(CC)C1CC(=O)N(C)C1=O. The van der Waals surface area contributed by atoms with Gasteiger partial charge in [-0.1, -0.05) is 20.8 Å². The zero-order valence-corrected chi connectivity index (χ0v) is 9.46. The maximum absolute atomic E-state index is 11.8. The molecular weight excluding hydrogens is 178 g/mol. The second-order valence-electron chi connectivity index (χ2n) is 4.41. The number of carbonyl (C=O) groups excluding carboxylic acids is 2. The molecule has 2 amide bonds. The van der Waals surface area contributed by atoms with E-state index in [1.807, 2.05) is 0 Å². The zero-order valence-electron chi connectivity index (χ0n) is 9.46. The van der Waals surface area contributed by atoms with E-state index in [0.29, 0.717) is 6.42 Å². The van der Waals surface area contributed by atoms with Crippen LogP contribution >= 0.6 is 0 Å². The lowest BCUT2D eigenvalue weighted by Gasteiger charge is -2.31. The monoisotopic (exact) mass is 197 g/mol. The molecule has 3 nitrogen and oxygen atoms in total. The van der Waals surface area contributed by atoms with E-state index in [0.717, 1.165) is 12.8 Å². The first-order valence-corrected chi connectivity index (χ1v) is 5.26. The Morgan fingerprint density at radius 1 is 1.36 bits per heavy atom. The normalized spacial score (nSPS) is 23.4. The summed E-state index contributed by atoms with van der Waals surface area (Å²) in [5.74, 6) is -0.135. The van der Waals surface area contributed by atoms with E-state index >= 15 is 0 Å². The molecule has 0 N–H and O–H groups in total. The largest absolute Gasteiger partial charge is 0.285 e. The van der Waals surface area contributed by atoms with Crippen molar-refractivity contribution in [3.05, 3.63) is 0 Å².